The van der Waals surface area contributed by atoms with E-state index in [9.17, 15) is 0 Å². The third-order valence-electron chi connectivity index (χ3n) is 0.102. The molecular weight excluding hydrogens is 130 g/mol. The second kappa shape index (κ2) is 8.83. The summed E-state index contributed by atoms with van der Waals surface area (Å²) in [6, 6.07) is 1.73. The van der Waals surface area contributed by atoms with Gasteiger partial charge in [-0.3, -0.25) is 0 Å². The Bertz CT molecular complexity index is 95.9. The summed E-state index contributed by atoms with van der Waals surface area (Å²) in [5.74, 6) is 0. The molecule has 35 valence electrons. The van der Waals surface area contributed by atoms with Crippen molar-refractivity contribution in [2.24, 2.45) is 5.11 Å². The number of hydrogen-bond acceptors (Lipinski definition) is 1. The molecule has 3 nitrogen and oxygen atoms in total. The Morgan fingerprint density at radius 2 is 2.33 bits per heavy atom. The van der Waals surface area contributed by atoms with Gasteiger partial charge in [-0.15, -0.1) is 6.42 Å². The minimum Gasteiger partial charge on any atom is -0.112 e. The van der Waals surface area contributed by atoms with Crippen molar-refractivity contribution in [3.63, 3.8) is 0 Å². The van der Waals surface area contributed by atoms with Crippen LogP contribution in [-0.2, 0) is 17.1 Å². The number of azide groups is 1. The van der Waals surface area contributed by atoms with Crippen molar-refractivity contribution in [1.29, 1.82) is 0 Å². The normalized spacial score (nSPS) is 3.17. The van der Waals surface area contributed by atoms with Crippen LogP contribution in [0.25, 0.3) is 10.4 Å². The van der Waals surface area contributed by atoms with Crippen LogP contribution in [-0.4, -0.2) is 0 Å². The first kappa shape index (κ1) is 9.04. The fraction of sp³-hybridized carbons (Fsp3) is 0. The second-order valence-electron chi connectivity index (χ2n) is 0.319. The molecule has 0 spiro atoms. The topological polar surface area (TPSA) is 48.8 Å². The van der Waals surface area contributed by atoms with Crippen LogP contribution < -0.4 is 0 Å². The minimum atomic E-state index is 0. The number of terminal acetylenes is 1. The van der Waals surface area contributed by atoms with Gasteiger partial charge >= 0.3 is 0 Å². The van der Waals surface area contributed by atoms with E-state index in [1.54, 1.807) is 6.04 Å². The van der Waals surface area contributed by atoms with Gasteiger partial charge < -0.3 is 0 Å². The summed E-state index contributed by atoms with van der Waals surface area (Å²) >= 11 is 0. The summed E-state index contributed by atoms with van der Waals surface area (Å²) in [6.45, 7) is 0. The molecule has 6 heavy (non-hydrogen) atoms. The average molecular weight is 131 g/mol. The fourth-order valence-corrected chi connectivity index (χ4v) is 0.0258. The van der Waals surface area contributed by atoms with Crippen molar-refractivity contribution < 1.29 is 17.1 Å². The van der Waals surface area contributed by atoms with E-state index >= 15 is 0 Å². The van der Waals surface area contributed by atoms with Crippen LogP contribution in [0.1, 0.15) is 0 Å². The van der Waals surface area contributed by atoms with Crippen LogP contribution in [0.4, 0.5) is 0 Å². The summed E-state index contributed by atoms with van der Waals surface area (Å²) in [5.41, 5.74) is 7.38. The van der Waals surface area contributed by atoms with E-state index < -0.39 is 0 Å². The van der Waals surface area contributed by atoms with Crippen molar-refractivity contribution in [2.75, 3.05) is 0 Å². The third-order valence-corrected chi connectivity index (χ3v) is 0.102. The van der Waals surface area contributed by atoms with Gasteiger partial charge in [0.15, 0.2) is 0 Å². The standard InChI is InChI=1S/C2HN3.Cu/c1-2-4-5-3;/h1H;. The number of hydrogen-bond donors (Lipinski definition) is 0. The molecule has 4 heteroatoms. The molecule has 1 radical (unpaired) electrons. The molecule has 0 atom stereocenters. The van der Waals surface area contributed by atoms with Gasteiger partial charge in [-0.05, 0) is 16.7 Å². The Labute approximate surface area is 45.8 Å². The van der Waals surface area contributed by atoms with Crippen LogP contribution >= 0.6 is 0 Å². The number of nitrogens with zero attached hydrogens (tertiary/aromatic N) is 3. The van der Waals surface area contributed by atoms with Gasteiger partial charge in [0.05, 0.1) is 0 Å². The fourth-order valence-electron chi connectivity index (χ4n) is 0.0258. The van der Waals surface area contributed by atoms with E-state index in [0.717, 1.165) is 0 Å². The average Bonchev–Trinajstić information content (AvgIpc) is 1.41. The predicted molar refractivity (Wildman–Crippen MR) is 18.0 cm³/mol. The Morgan fingerprint density at radius 3 is 2.33 bits per heavy atom. The molecule has 0 unspecified atom stereocenters. The van der Waals surface area contributed by atoms with Crippen LogP contribution in [0.2, 0.25) is 0 Å². The molecule has 0 bridgehead atoms. The SMILES string of the molecule is C#CN=[N+]=[N-].[Cu]. The van der Waals surface area contributed by atoms with Crippen LogP contribution in [0.3, 0.4) is 0 Å². The Morgan fingerprint density at radius 1 is 1.83 bits per heavy atom. The molecule has 0 amide bonds. The molecule has 0 heterocycles. The summed E-state index contributed by atoms with van der Waals surface area (Å²) in [7, 11) is 0. The van der Waals surface area contributed by atoms with Gasteiger partial charge in [0.2, 0.25) is 0 Å². The van der Waals surface area contributed by atoms with Crippen molar-refractivity contribution in [3.05, 3.63) is 10.4 Å². The molecule has 0 aromatic rings. The van der Waals surface area contributed by atoms with Crippen LogP contribution in [0.15, 0.2) is 5.11 Å². The maximum absolute atomic E-state index is 7.38. The van der Waals surface area contributed by atoms with Crippen molar-refractivity contribution in [2.45, 2.75) is 0 Å². The monoisotopic (exact) mass is 130 g/mol. The molecule has 0 saturated carbocycles. The molecule has 0 aromatic heterocycles. The van der Waals surface area contributed by atoms with E-state index in [4.69, 9.17) is 5.53 Å². The minimum absolute atomic E-state index is 0. The zero-order valence-electron chi connectivity index (χ0n) is 2.72. The Hall–Kier alpha value is -0.611. The second-order valence-corrected chi connectivity index (χ2v) is 0.319. The first-order valence-electron chi connectivity index (χ1n) is 0.912. The Kier molecular flexibility index (Phi) is 13.3. The van der Waals surface area contributed by atoms with E-state index in [-0.39, 0.29) is 17.1 Å². The molecule has 0 aliphatic heterocycles. The molecule has 0 N–H and O–H groups in total. The molecule has 0 aliphatic rings. The van der Waals surface area contributed by atoms with Crippen LogP contribution in [0.5, 0.6) is 0 Å². The maximum atomic E-state index is 7.38. The summed E-state index contributed by atoms with van der Waals surface area (Å²) in [6.07, 6.45) is 4.47. The van der Waals surface area contributed by atoms with Gasteiger partial charge in [0.1, 0.15) is 0 Å². The van der Waals surface area contributed by atoms with E-state index in [0.29, 0.717) is 0 Å². The van der Waals surface area contributed by atoms with Gasteiger partial charge in [-0.2, -0.15) is 0 Å². The van der Waals surface area contributed by atoms with Gasteiger partial charge in [0, 0.05) is 22.0 Å². The molecule has 0 rings (SSSR count). The summed E-state index contributed by atoms with van der Waals surface area (Å²) < 4.78 is 0. The van der Waals surface area contributed by atoms with Crippen LogP contribution in [0, 0.1) is 12.5 Å². The predicted octanol–water partition coefficient (Wildman–Crippen LogP) is 0.885. The van der Waals surface area contributed by atoms with E-state index in [1.807, 2.05) is 0 Å². The van der Waals surface area contributed by atoms with Gasteiger partial charge in [-0.1, -0.05) is 0 Å². The molecule has 0 aliphatic carbocycles. The number of rotatable bonds is 0. The molecule has 0 saturated heterocycles. The maximum Gasteiger partial charge on any atom is 0.0127 e. The zero-order valence-corrected chi connectivity index (χ0v) is 3.66. The van der Waals surface area contributed by atoms with Crippen molar-refractivity contribution in [3.8, 4) is 12.5 Å². The molecular formula is C2HCuN3. The smallest absolute Gasteiger partial charge is 0.0127 e. The first-order valence-corrected chi connectivity index (χ1v) is 0.912. The summed E-state index contributed by atoms with van der Waals surface area (Å²) in [4.78, 5) is 2.24. The van der Waals surface area contributed by atoms with E-state index in [2.05, 4.69) is 16.4 Å². The third kappa shape index (κ3) is 10.0. The largest absolute Gasteiger partial charge is 0.112 e. The van der Waals surface area contributed by atoms with Crippen molar-refractivity contribution >= 4 is 0 Å². The summed E-state index contributed by atoms with van der Waals surface area (Å²) in [5, 5.41) is 2.68. The van der Waals surface area contributed by atoms with Gasteiger partial charge in [-0.25, -0.2) is 0 Å². The first-order chi connectivity index (χ1) is 2.41. The quantitative estimate of drug-likeness (QED) is 0.154. The van der Waals surface area contributed by atoms with E-state index in [1.165, 1.54) is 0 Å². The Balaban J connectivity index is 0. The molecule has 0 fully saturated rings. The van der Waals surface area contributed by atoms with Gasteiger partial charge in [0.25, 0.3) is 0 Å². The zero-order chi connectivity index (χ0) is 4.12. The molecule has 0 aromatic carbocycles. The van der Waals surface area contributed by atoms with Crippen molar-refractivity contribution in [1.82, 2.24) is 0 Å².